The van der Waals surface area contributed by atoms with Gasteiger partial charge in [-0.3, -0.25) is 4.79 Å². The highest BCUT2D eigenvalue weighted by molar-refractivity contribution is 5.95. The molecule has 6 nitrogen and oxygen atoms in total. The molecule has 0 radical (unpaired) electrons. The van der Waals surface area contributed by atoms with Gasteiger partial charge in [-0.15, -0.1) is 0 Å². The lowest BCUT2D eigenvalue weighted by Gasteiger charge is -2.27. The van der Waals surface area contributed by atoms with Gasteiger partial charge in [-0.05, 0) is 66.6 Å². The Morgan fingerprint density at radius 3 is 2.41 bits per heavy atom. The normalized spacial score (nSPS) is 11.6. The van der Waals surface area contributed by atoms with Crippen LogP contribution >= 0.6 is 0 Å². The molecule has 0 atom stereocenters. The van der Waals surface area contributed by atoms with Gasteiger partial charge in [0.25, 0.3) is 0 Å². The van der Waals surface area contributed by atoms with E-state index in [1.807, 2.05) is 52.8 Å². The number of carbonyl (C=O) groups excluding carboxylic acids is 1. The third-order valence-corrected chi connectivity index (χ3v) is 7.05. The van der Waals surface area contributed by atoms with Gasteiger partial charge in [0.2, 0.25) is 5.91 Å². The van der Waals surface area contributed by atoms with E-state index < -0.39 is 0 Å². The summed E-state index contributed by atoms with van der Waals surface area (Å²) in [4.78, 5) is 20.7. The van der Waals surface area contributed by atoms with Crippen LogP contribution in [-0.2, 0) is 34.5 Å². The van der Waals surface area contributed by atoms with Gasteiger partial charge < -0.3 is 18.9 Å². The van der Waals surface area contributed by atoms with Gasteiger partial charge in [0.1, 0.15) is 24.7 Å². The highest BCUT2D eigenvalue weighted by atomic mass is 16.5. The van der Waals surface area contributed by atoms with Crippen molar-refractivity contribution in [2.45, 2.75) is 66.5 Å². The van der Waals surface area contributed by atoms with E-state index in [1.54, 1.807) is 0 Å². The van der Waals surface area contributed by atoms with Gasteiger partial charge in [0, 0.05) is 18.8 Å². The molecule has 1 amide bonds. The summed E-state index contributed by atoms with van der Waals surface area (Å²) in [5.41, 5.74) is 6.30. The minimum absolute atomic E-state index is 0.00219. The molecule has 0 aliphatic heterocycles. The molecule has 4 aromatic rings. The highest BCUT2D eigenvalue weighted by Crippen LogP contribution is 2.28. The van der Waals surface area contributed by atoms with Crippen LogP contribution in [0.5, 0.6) is 5.75 Å². The largest absolute Gasteiger partial charge is 0.486 e. The van der Waals surface area contributed by atoms with Crippen LogP contribution in [0, 0.1) is 6.92 Å². The Hall–Kier alpha value is -3.64. The van der Waals surface area contributed by atoms with Crippen molar-refractivity contribution in [2.75, 3.05) is 24.7 Å². The van der Waals surface area contributed by atoms with Crippen molar-refractivity contribution >= 4 is 22.6 Å². The predicted molar refractivity (Wildman–Crippen MR) is 159 cm³/mol. The number of amides is 1. The van der Waals surface area contributed by atoms with Gasteiger partial charge in [0.05, 0.1) is 17.6 Å². The van der Waals surface area contributed by atoms with E-state index in [0.29, 0.717) is 19.8 Å². The Morgan fingerprint density at radius 2 is 1.72 bits per heavy atom. The molecular formula is C33H41N3O3. The van der Waals surface area contributed by atoms with Crippen molar-refractivity contribution in [2.24, 2.45) is 0 Å². The van der Waals surface area contributed by atoms with Crippen molar-refractivity contribution in [1.82, 2.24) is 9.55 Å². The number of anilines is 1. The van der Waals surface area contributed by atoms with Crippen molar-refractivity contribution in [3.63, 3.8) is 0 Å². The lowest BCUT2D eigenvalue weighted by molar-refractivity contribution is -0.119. The molecule has 0 N–H and O–H groups in total. The summed E-state index contributed by atoms with van der Waals surface area (Å²) in [7, 11) is 0. The summed E-state index contributed by atoms with van der Waals surface area (Å²) in [6.07, 6.45) is 0.844. The van der Waals surface area contributed by atoms with Gasteiger partial charge in [-0.25, -0.2) is 4.98 Å². The Bertz CT molecular complexity index is 1400. The lowest BCUT2D eigenvalue weighted by Crippen LogP contribution is -2.38. The summed E-state index contributed by atoms with van der Waals surface area (Å²) in [6.45, 7) is 14.7. The Balaban J connectivity index is 1.63. The maximum Gasteiger partial charge on any atom is 0.247 e. The van der Waals surface area contributed by atoms with Crippen molar-refractivity contribution in [1.29, 1.82) is 0 Å². The van der Waals surface area contributed by atoms with Crippen molar-refractivity contribution in [3.8, 4) is 5.75 Å². The average Bonchev–Trinajstić information content (AvgIpc) is 3.27. The van der Waals surface area contributed by atoms with Gasteiger partial charge >= 0.3 is 0 Å². The monoisotopic (exact) mass is 527 g/mol. The predicted octanol–water partition coefficient (Wildman–Crippen LogP) is 6.85. The van der Waals surface area contributed by atoms with E-state index in [1.165, 1.54) is 5.56 Å². The molecule has 206 valence electrons. The maximum atomic E-state index is 14.0. The number of aryl methyl sites for hydroxylation is 2. The average molecular weight is 528 g/mol. The van der Waals surface area contributed by atoms with Gasteiger partial charge in [0.15, 0.2) is 0 Å². The first-order chi connectivity index (χ1) is 18.7. The third kappa shape index (κ3) is 6.69. The SMILES string of the molecule is CCOCCN(C(=O)Cn1c(COc2ccc(C(C)(C)C)cc2)nc2ccccc21)c1c(C)cccc1CC. The number of ether oxygens (including phenoxy) is 2. The summed E-state index contributed by atoms with van der Waals surface area (Å²) < 4.78 is 13.8. The van der Waals surface area contributed by atoms with Crippen LogP contribution in [-0.4, -0.2) is 35.2 Å². The Morgan fingerprint density at radius 1 is 0.974 bits per heavy atom. The quantitative estimate of drug-likeness (QED) is 0.200. The number of hydrogen-bond acceptors (Lipinski definition) is 4. The second kappa shape index (κ2) is 12.5. The number of aromatic nitrogens is 2. The van der Waals surface area contributed by atoms with E-state index in [0.717, 1.165) is 45.8 Å². The second-order valence-corrected chi connectivity index (χ2v) is 10.8. The molecule has 0 bridgehead atoms. The molecule has 0 fully saturated rings. The Kier molecular flexibility index (Phi) is 9.08. The zero-order valence-electron chi connectivity index (χ0n) is 24.2. The molecule has 0 unspecified atom stereocenters. The minimum atomic E-state index is -0.00219. The molecule has 6 heteroatoms. The number of fused-ring (bicyclic) bond motifs is 1. The number of rotatable bonds is 11. The number of imidazole rings is 1. The first-order valence-electron chi connectivity index (χ1n) is 13.9. The van der Waals surface area contributed by atoms with Crippen molar-refractivity contribution < 1.29 is 14.3 Å². The molecule has 0 saturated carbocycles. The number of hydrogen-bond donors (Lipinski definition) is 0. The molecule has 4 rings (SSSR count). The molecule has 0 aliphatic rings. The number of benzene rings is 3. The molecule has 0 aliphatic carbocycles. The van der Waals surface area contributed by atoms with Crippen LogP contribution in [0.1, 0.15) is 57.1 Å². The molecule has 39 heavy (non-hydrogen) atoms. The lowest BCUT2D eigenvalue weighted by atomic mass is 9.87. The zero-order chi connectivity index (χ0) is 28.0. The number of carbonyl (C=O) groups is 1. The second-order valence-electron chi connectivity index (χ2n) is 10.8. The molecule has 3 aromatic carbocycles. The first kappa shape index (κ1) is 28.4. The molecular weight excluding hydrogens is 486 g/mol. The van der Waals surface area contributed by atoms with Crippen LogP contribution in [0.4, 0.5) is 5.69 Å². The van der Waals surface area contributed by atoms with E-state index in [-0.39, 0.29) is 24.5 Å². The van der Waals surface area contributed by atoms with Crippen LogP contribution in [0.15, 0.2) is 66.7 Å². The summed E-state index contributed by atoms with van der Waals surface area (Å²) >= 11 is 0. The Labute approximate surface area is 232 Å². The number of nitrogens with zero attached hydrogens (tertiary/aromatic N) is 3. The summed E-state index contributed by atoms with van der Waals surface area (Å²) in [6, 6.07) is 22.3. The molecule has 1 aromatic heterocycles. The maximum absolute atomic E-state index is 14.0. The smallest absolute Gasteiger partial charge is 0.247 e. The fraction of sp³-hybridized carbons (Fsp3) is 0.394. The standard InChI is InChI=1S/C33H41N3O3/c1-7-25-13-11-12-24(3)32(25)35(20-21-38-8-2)31(37)22-36-29-15-10-9-14-28(29)34-30(36)23-39-27-18-16-26(17-19-27)33(4,5)6/h9-19H,7-8,20-23H2,1-6H3. The third-order valence-electron chi connectivity index (χ3n) is 7.05. The van der Waals surface area contributed by atoms with E-state index in [9.17, 15) is 4.79 Å². The molecule has 0 saturated heterocycles. The van der Waals surface area contributed by atoms with Crippen LogP contribution < -0.4 is 9.64 Å². The summed E-state index contributed by atoms with van der Waals surface area (Å²) in [5, 5.41) is 0. The molecule has 1 heterocycles. The van der Waals surface area contributed by atoms with E-state index >= 15 is 0 Å². The number of para-hydroxylation sites is 3. The highest BCUT2D eigenvalue weighted by Gasteiger charge is 2.23. The van der Waals surface area contributed by atoms with Gasteiger partial charge in [-0.2, -0.15) is 0 Å². The van der Waals surface area contributed by atoms with Crippen LogP contribution in [0.3, 0.4) is 0 Å². The van der Waals surface area contributed by atoms with Crippen LogP contribution in [0.25, 0.3) is 11.0 Å². The molecule has 0 spiro atoms. The summed E-state index contributed by atoms with van der Waals surface area (Å²) in [5.74, 6) is 1.49. The fourth-order valence-corrected chi connectivity index (χ4v) is 4.88. The fourth-order valence-electron chi connectivity index (χ4n) is 4.88. The van der Waals surface area contributed by atoms with Gasteiger partial charge in [-0.1, -0.05) is 70.2 Å². The van der Waals surface area contributed by atoms with Crippen molar-refractivity contribution in [3.05, 3.63) is 89.2 Å². The first-order valence-corrected chi connectivity index (χ1v) is 13.9. The van der Waals surface area contributed by atoms with E-state index in [2.05, 4.69) is 65.0 Å². The van der Waals surface area contributed by atoms with E-state index in [4.69, 9.17) is 14.5 Å². The van der Waals surface area contributed by atoms with Crippen LogP contribution in [0.2, 0.25) is 0 Å². The topological polar surface area (TPSA) is 56.6 Å². The zero-order valence-corrected chi connectivity index (χ0v) is 24.2. The minimum Gasteiger partial charge on any atom is -0.486 e.